The van der Waals surface area contributed by atoms with Crippen LogP contribution >= 0.6 is 0 Å². The Morgan fingerprint density at radius 2 is 2.18 bits per heavy atom. The van der Waals surface area contributed by atoms with Gasteiger partial charge < -0.3 is 15.1 Å². The van der Waals surface area contributed by atoms with Crippen molar-refractivity contribution in [3.05, 3.63) is 35.1 Å². The van der Waals surface area contributed by atoms with Gasteiger partial charge >= 0.3 is 0 Å². The first-order chi connectivity index (χ1) is 10.6. The van der Waals surface area contributed by atoms with Crippen molar-refractivity contribution in [2.24, 2.45) is 5.73 Å². The van der Waals surface area contributed by atoms with Crippen molar-refractivity contribution in [3.8, 4) is 0 Å². The molecule has 22 heavy (non-hydrogen) atoms. The van der Waals surface area contributed by atoms with Gasteiger partial charge in [0.25, 0.3) is 0 Å². The van der Waals surface area contributed by atoms with Gasteiger partial charge in [-0.1, -0.05) is 12.1 Å². The Balaban J connectivity index is 1.84. The van der Waals surface area contributed by atoms with Crippen LogP contribution in [0.3, 0.4) is 0 Å². The molecule has 1 aliphatic rings. The maximum absolute atomic E-state index is 12.7. The minimum Gasteiger partial charge on any atom is -0.464 e. The first-order valence-corrected chi connectivity index (χ1v) is 8.07. The Kier molecular flexibility index (Phi) is 4.21. The average molecular weight is 300 g/mol. The lowest BCUT2D eigenvalue weighted by Crippen LogP contribution is -2.48. The van der Waals surface area contributed by atoms with Gasteiger partial charge in [-0.2, -0.15) is 0 Å². The van der Waals surface area contributed by atoms with E-state index in [1.807, 2.05) is 4.90 Å². The van der Waals surface area contributed by atoms with Crippen molar-refractivity contribution in [3.63, 3.8) is 0 Å². The summed E-state index contributed by atoms with van der Waals surface area (Å²) in [7, 11) is 0. The largest absolute Gasteiger partial charge is 0.464 e. The smallest absolute Gasteiger partial charge is 0.227 e. The van der Waals surface area contributed by atoms with Crippen molar-refractivity contribution >= 4 is 16.9 Å². The number of furan rings is 1. The van der Waals surface area contributed by atoms with Crippen LogP contribution in [-0.4, -0.2) is 29.9 Å². The van der Waals surface area contributed by atoms with Gasteiger partial charge in [0, 0.05) is 30.1 Å². The molecule has 1 fully saturated rings. The highest BCUT2D eigenvalue weighted by Crippen LogP contribution is 2.27. The quantitative estimate of drug-likeness (QED) is 0.948. The molecule has 118 valence electrons. The third kappa shape index (κ3) is 2.63. The summed E-state index contributed by atoms with van der Waals surface area (Å²) in [6.07, 6.45) is 5.39. The van der Waals surface area contributed by atoms with E-state index in [1.165, 1.54) is 12.0 Å². The molecule has 2 heterocycles. The number of rotatable bonds is 3. The summed E-state index contributed by atoms with van der Waals surface area (Å²) in [5, 5.41) is 1.05. The molecule has 4 nitrogen and oxygen atoms in total. The van der Waals surface area contributed by atoms with Crippen LogP contribution in [0.1, 0.15) is 36.0 Å². The van der Waals surface area contributed by atoms with Crippen molar-refractivity contribution < 1.29 is 9.21 Å². The van der Waals surface area contributed by atoms with E-state index < -0.39 is 0 Å². The van der Waals surface area contributed by atoms with Gasteiger partial charge in [0.05, 0.1) is 12.7 Å². The number of carbonyl (C=O) groups excluding carboxylic acids is 1. The SMILES string of the molecule is Cc1ccc2c(CC(=O)N3CCCCC3CN)coc2c1C. The molecule has 1 aromatic carbocycles. The molecule has 2 N–H and O–H groups in total. The van der Waals surface area contributed by atoms with Gasteiger partial charge in [-0.05, 0) is 44.2 Å². The predicted octanol–water partition coefficient (Wildman–Crippen LogP) is 2.93. The van der Waals surface area contributed by atoms with Crippen LogP contribution in [0.15, 0.2) is 22.8 Å². The highest BCUT2D eigenvalue weighted by atomic mass is 16.3. The molecule has 0 aliphatic carbocycles. The average Bonchev–Trinajstić information content (AvgIpc) is 2.94. The Bertz CT molecular complexity index is 690. The summed E-state index contributed by atoms with van der Waals surface area (Å²) in [5.74, 6) is 0.163. The summed E-state index contributed by atoms with van der Waals surface area (Å²) >= 11 is 0. The fourth-order valence-electron chi connectivity index (χ4n) is 3.36. The molecule has 1 unspecified atom stereocenters. The number of hydrogen-bond acceptors (Lipinski definition) is 3. The molecule has 1 amide bonds. The normalized spacial score (nSPS) is 18.9. The number of piperidine rings is 1. The lowest BCUT2D eigenvalue weighted by atomic mass is 10.00. The van der Waals surface area contributed by atoms with Gasteiger partial charge in [0.15, 0.2) is 0 Å². The van der Waals surface area contributed by atoms with E-state index in [-0.39, 0.29) is 11.9 Å². The van der Waals surface area contributed by atoms with Crippen molar-refractivity contribution in [1.82, 2.24) is 4.90 Å². The van der Waals surface area contributed by atoms with Crippen LogP contribution in [0, 0.1) is 13.8 Å². The number of benzene rings is 1. The molecule has 1 aliphatic heterocycles. The van der Waals surface area contributed by atoms with E-state index in [4.69, 9.17) is 10.2 Å². The molecule has 0 radical (unpaired) electrons. The zero-order chi connectivity index (χ0) is 15.7. The van der Waals surface area contributed by atoms with E-state index in [9.17, 15) is 4.79 Å². The van der Waals surface area contributed by atoms with Crippen LogP contribution in [-0.2, 0) is 11.2 Å². The monoisotopic (exact) mass is 300 g/mol. The fourth-order valence-corrected chi connectivity index (χ4v) is 3.36. The van der Waals surface area contributed by atoms with Gasteiger partial charge in [0.1, 0.15) is 5.58 Å². The zero-order valence-corrected chi connectivity index (χ0v) is 13.4. The second kappa shape index (κ2) is 6.13. The van der Waals surface area contributed by atoms with Crippen LogP contribution < -0.4 is 5.73 Å². The Morgan fingerprint density at radius 3 is 2.95 bits per heavy atom. The minimum absolute atomic E-state index is 0.163. The topological polar surface area (TPSA) is 59.5 Å². The summed E-state index contributed by atoms with van der Waals surface area (Å²) in [4.78, 5) is 14.6. The molecule has 0 saturated carbocycles. The van der Waals surface area contributed by atoms with E-state index >= 15 is 0 Å². The van der Waals surface area contributed by atoms with Crippen LogP contribution in [0.5, 0.6) is 0 Å². The van der Waals surface area contributed by atoms with Crippen LogP contribution in [0.4, 0.5) is 0 Å². The molecule has 0 bridgehead atoms. The predicted molar refractivity (Wildman–Crippen MR) is 87.8 cm³/mol. The lowest BCUT2D eigenvalue weighted by molar-refractivity contribution is -0.133. The highest BCUT2D eigenvalue weighted by molar-refractivity contribution is 5.89. The number of aryl methyl sites for hydroxylation is 2. The first kappa shape index (κ1) is 15.1. The zero-order valence-electron chi connectivity index (χ0n) is 13.4. The number of amides is 1. The summed E-state index contributed by atoms with van der Waals surface area (Å²) in [5.41, 5.74) is 10.1. The molecule has 3 rings (SSSR count). The van der Waals surface area contributed by atoms with Crippen molar-refractivity contribution in [2.45, 2.75) is 45.6 Å². The van der Waals surface area contributed by atoms with Crippen LogP contribution in [0.2, 0.25) is 0 Å². The number of carbonyl (C=O) groups is 1. The number of nitrogens with zero attached hydrogens (tertiary/aromatic N) is 1. The second-order valence-corrected chi connectivity index (χ2v) is 6.29. The lowest BCUT2D eigenvalue weighted by Gasteiger charge is -2.35. The van der Waals surface area contributed by atoms with Crippen molar-refractivity contribution in [1.29, 1.82) is 0 Å². The Labute approximate surface area is 131 Å². The van der Waals surface area contributed by atoms with E-state index in [2.05, 4.69) is 26.0 Å². The standard InChI is InChI=1S/C18H24N2O2/c1-12-6-7-16-14(11-22-18(16)13(12)2)9-17(21)20-8-4-3-5-15(20)10-19/h6-7,11,15H,3-5,8-10,19H2,1-2H3. The third-order valence-corrected chi connectivity index (χ3v) is 4.90. The molecule has 1 aromatic heterocycles. The summed E-state index contributed by atoms with van der Waals surface area (Å²) in [6.45, 7) is 5.51. The Morgan fingerprint density at radius 1 is 1.36 bits per heavy atom. The Hall–Kier alpha value is -1.81. The fraction of sp³-hybridized carbons (Fsp3) is 0.500. The van der Waals surface area contributed by atoms with Gasteiger partial charge in [-0.3, -0.25) is 4.79 Å². The molecule has 2 aromatic rings. The van der Waals surface area contributed by atoms with Crippen LogP contribution in [0.25, 0.3) is 11.0 Å². The molecule has 4 heteroatoms. The van der Waals surface area contributed by atoms with E-state index in [0.717, 1.165) is 41.5 Å². The van der Waals surface area contributed by atoms with Gasteiger partial charge in [-0.25, -0.2) is 0 Å². The number of hydrogen-bond donors (Lipinski definition) is 1. The first-order valence-electron chi connectivity index (χ1n) is 8.07. The molecule has 1 atom stereocenters. The van der Waals surface area contributed by atoms with E-state index in [1.54, 1.807) is 6.26 Å². The number of likely N-dealkylation sites (tertiary alicyclic amines) is 1. The van der Waals surface area contributed by atoms with Gasteiger partial charge in [-0.15, -0.1) is 0 Å². The second-order valence-electron chi connectivity index (χ2n) is 6.29. The molecular formula is C18H24N2O2. The third-order valence-electron chi connectivity index (χ3n) is 4.90. The molecular weight excluding hydrogens is 276 g/mol. The summed E-state index contributed by atoms with van der Waals surface area (Å²) < 4.78 is 5.71. The van der Waals surface area contributed by atoms with E-state index in [0.29, 0.717) is 13.0 Å². The number of nitrogens with two attached hydrogens (primary N) is 1. The highest BCUT2D eigenvalue weighted by Gasteiger charge is 2.26. The molecule has 0 spiro atoms. The van der Waals surface area contributed by atoms with Crippen molar-refractivity contribution in [2.75, 3.05) is 13.1 Å². The molecule has 1 saturated heterocycles. The minimum atomic E-state index is 0.163. The maximum atomic E-state index is 12.7. The number of fused-ring (bicyclic) bond motifs is 1. The summed E-state index contributed by atoms with van der Waals surface area (Å²) in [6, 6.07) is 4.34. The maximum Gasteiger partial charge on any atom is 0.227 e. The van der Waals surface area contributed by atoms with Gasteiger partial charge in [0.2, 0.25) is 5.91 Å².